The molecule has 0 saturated carbocycles. The summed E-state index contributed by atoms with van der Waals surface area (Å²) in [7, 11) is 0. The van der Waals surface area contributed by atoms with Crippen LogP contribution in [0.4, 0.5) is 10.5 Å². The van der Waals surface area contributed by atoms with Gasteiger partial charge in [0.1, 0.15) is 8.99 Å². The molecule has 19 heavy (non-hydrogen) atoms. The van der Waals surface area contributed by atoms with Crippen molar-refractivity contribution in [2.45, 2.75) is 20.0 Å². The molecule has 0 fully saturated rings. The number of rotatable bonds is 3. The number of amides is 1. The summed E-state index contributed by atoms with van der Waals surface area (Å²) in [5.74, 6) is 0. The number of benzene rings is 1. The maximum absolute atomic E-state index is 11.8. The molecule has 0 spiro atoms. The molecule has 0 saturated heterocycles. The van der Waals surface area contributed by atoms with E-state index < -0.39 is 6.09 Å². The van der Waals surface area contributed by atoms with Gasteiger partial charge in [-0.15, -0.1) is 0 Å². The van der Waals surface area contributed by atoms with Crippen LogP contribution in [0.15, 0.2) is 30.3 Å². The first-order chi connectivity index (χ1) is 9.08. The lowest BCUT2D eigenvalue weighted by molar-refractivity contribution is 0.121. The topological polar surface area (TPSA) is 51.2 Å². The van der Waals surface area contributed by atoms with Crippen LogP contribution in [0.2, 0.25) is 0 Å². The largest absolute Gasteiger partial charge is 0.441 e. The van der Waals surface area contributed by atoms with Gasteiger partial charge in [-0.2, -0.15) is 4.37 Å². The monoisotopic (exact) mass is 388 g/mol. The van der Waals surface area contributed by atoms with Gasteiger partial charge in [0.05, 0.1) is 11.4 Å². The molecule has 1 N–H and O–H groups in total. The Labute approximate surface area is 129 Å². The molecule has 0 aliphatic heterocycles. The first kappa shape index (κ1) is 14.3. The van der Waals surface area contributed by atoms with Gasteiger partial charge in [-0.25, -0.2) is 4.79 Å². The molecular weight excluding hydrogens is 375 g/mol. The molecule has 2 aromatic rings. The summed E-state index contributed by atoms with van der Waals surface area (Å²) in [4.78, 5) is 11.8. The van der Waals surface area contributed by atoms with Crippen molar-refractivity contribution in [3.8, 4) is 0 Å². The van der Waals surface area contributed by atoms with E-state index in [4.69, 9.17) is 4.74 Å². The van der Waals surface area contributed by atoms with Gasteiger partial charge >= 0.3 is 6.09 Å². The van der Waals surface area contributed by atoms with Gasteiger partial charge < -0.3 is 4.74 Å². The first-order valence-corrected chi connectivity index (χ1v) is 7.57. The number of nitrogens with one attached hydrogen (secondary N) is 1. The Kier molecular flexibility index (Phi) is 4.76. The van der Waals surface area contributed by atoms with Gasteiger partial charge in [0, 0.05) is 0 Å². The van der Waals surface area contributed by atoms with Crippen molar-refractivity contribution < 1.29 is 9.53 Å². The SMILES string of the molecule is Cc1nsc(I)c1NC(=O)OC(C)c1ccccc1. The summed E-state index contributed by atoms with van der Waals surface area (Å²) >= 11 is 3.50. The number of ether oxygens (including phenoxy) is 1. The van der Waals surface area contributed by atoms with E-state index in [2.05, 4.69) is 32.3 Å². The maximum Gasteiger partial charge on any atom is 0.412 e. The second-order valence-corrected chi connectivity index (χ2v) is 6.58. The second-order valence-electron chi connectivity index (χ2n) is 4.00. The standard InChI is InChI=1S/C13H13IN2O2S/c1-8-11(12(14)19-16-8)15-13(17)18-9(2)10-6-4-3-5-7-10/h3-7,9H,1-2H3,(H,15,17). The number of carbonyl (C=O) groups excluding carboxylic acids is 1. The second kappa shape index (κ2) is 6.33. The van der Waals surface area contributed by atoms with Gasteiger partial charge in [-0.05, 0) is 53.5 Å². The molecule has 1 atom stereocenters. The molecule has 0 aliphatic rings. The van der Waals surface area contributed by atoms with E-state index >= 15 is 0 Å². The van der Waals surface area contributed by atoms with Crippen molar-refractivity contribution >= 4 is 45.9 Å². The lowest BCUT2D eigenvalue weighted by atomic mass is 10.1. The van der Waals surface area contributed by atoms with Crippen LogP contribution in [0, 0.1) is 9.81 Å². The highest BCUT2D eigenvalue weighted by Crippen LogP contribution is 2.26. The third-order valence-corrected chi connectivity index (χ3v) is 4.46. The van der Waals surface area contributed by atoms with Crippen molar-refractivity contribution in [1.29, 1.82) is 0 Å². The molecule has 2 rings (SSSR count). The average Bonchev–Trinajstić information content (AvgIpc) is 2.71. The summed E-state index contributed by atoms with van der Waals surface area (Å²) in [5, 5.41) is 2.74. The first-order valence-electron chi connectivity index (χ1n) is 5.72. The zero-order valence-corrected chi connectivity index (χ0v) is 13.5. The molecule has 100 valence electrons. The third-order valence-electron chi connectivity index (χ3n) is 2.60. The van der Waals surface area contributed by atoms with E-state index in [9.17, 15) is 4.79 Å². The fraction of sp³-hybridized carbons (Fsp3) is 0.231. The van der Waals surface area contributed by atoms with Crippen LogP contribution < -0.4 is 5.32 Å². The summed E-state index contributed by atoms with van der Waals surface area (Å²) in [6, 6.07) is 9.63. The molecule has 1 unspecified atom stereocenters. The number of aromatic nitrogens is 1. The van der Waals surface area contributed by atoms with Crippen molar-refractivity contribution in [2.24, 2.45) is 0 Å². The Bertz CT molecular complexity index is 552. The van der Waals surface area contributed by atoms with Crippen molar-refractivity contribution in [2.75, 3.05) is 5.32 Å². The molecule has 1 heterocycles. The molecule has 1 aromatic carbocycles. The van der Waals surface area contributed by atoms with E-state index in [0.717, 1.165) is 19.8 Å². The number of carbonyl (C=O) groups is 1. The summed E-state index contributed by atoms with van der Waals surface area (Å²) in [6.07, 6.45) is -0.747. The lowest BCUT2D eigenvalue weighted by Crippen LogP contribution is -2.16. The van der Waals surface area contributed by atoms with E-state index in [0.29, 0.717) is 0 Å². The Morgan fingerprint density at radius 1 is 1.42 bits per heavy atom. The number of anilines is 1. The predicted molar refractivity (Wildman–Crippen MR) is 84.5 cm³/mol. The number of hydrogen-bond donors (Lipinski definition) is 1. The van der Waals surface area contributed by atoms with E-state index in [1.165, 1.54) is 11.5 Å². The minimum Gasteiger partial charge on any atom is -0.441 e. The predicted octanol–water partition coefficient (Wildman–Crippen LogP) is 4.37. The van der Waals surface area contributed by atoms with Gasteiger partial charge in [-0.3, -0.25) is 5.32 Å². The molecular formula is C13H13IN2O2S. The number of halogens is 1. The molecule has 1 aromatic heterocycles. The number of aryl methyl sites for hydroxylation is 1. The number of hydrogen-bond acceptors (Lipinski definition) is 4. The van der Waals surface area contributed by atoms with Crippen LogP contribution in [0.5, 0.6) is 0 Å². The Morgan fingerprint density at radius 3 is 2.68 bits per heavy atom. The van der Waals surface area contributed by atoms with Gasteiger partial charge in [-0.1, -0.05) is 30.3 Å². The van der Waals surface area contributed by atoms with Gasteiger partial charge in [0.25, 0.3) is 0 Å². The highest BCUT2D eigenvalue weighted by Gasteiger charge is 2.15. The zero-order valence-electron chi connectivity index (χ0n) is 10.5. The summed E-state index contributed by atoms with van der Waals surface area (Å²) in [6.45, 7) is 3.70. The van der Waals surface area contributed by atoms with Crippen molar-refractivity contribution in [1.82, 2.24) is 4.37 Å². The van der Waals surface area contributed by atoms with Gasteiger partial charge in [0.15, 0.2) is 0 Å². The third kappa shape index (κ3) is 3.66. The zero-order chi connectivity index (χ0) is 13.8. The fourth-order valence-electron chi connectivity index (χ4n) is 1.57. The highest BCUT2D eigenvalue weighted by molar-refractivity contribution is 14.1. The fourth-order valence-corrected chi connectivity index (χ4v) is 2.98. The van der Waals surface area contributed by atoms with Crippen molar-refractivity contribution in [3.05, 3.63) is 44.5 Å². The normalized spacial score (nSPS) is 11.9. The van der Waals surface area contributed by atoms with Crippen molar-refractivity contribution in [3.63, 3.8) is 0 Å². The Hall–Kier alpha value is -1.15. The molecule has 6 heteroatoms. The molecule has 4 nitrogen and oxygen atoms in total. The van der Waals surface area contributed by atoms with Crippen LogP contribution >= 0.6 is 34.1 Å². The summed E-state index contributed by atoms with van der Waals surface area (Å²) < 4.78 is 10.5. The maximum atomic E-state index is 11.8. The lowest BCUT2D eigenvalue weighted by Gasteiger charge is -2.14. The molecule has 0 bridgehead atoms. The van der Waals surface area contributed by atoms with Gasteiger partial charge in [0.2, 0.25) is 0 Å². The van der Waals surface area contributed by atoms with E-state index in [1.807, 2.05) is 44.2 Å². The van der Waals surface area contributed by atoms with Crippen LogP contribution in [0.1, 0.15) is 24.3 Å². The van der Waals surface area contributed by atoms with Crippen LogP contribution in [0.25, 0.3) is 0 Å². The highest BCUT2D eigenvalue weighted by atomic mass is 127. The van der Waals surface area contributed by atoms with Crippen LogP contribution in [-0.2, 0) is 4.74 Å². The smallest absolute Gasteiger partial charge is 0.412 e. The molecule has 0 aliphatic carbocycles. The quantitative estimate of drug-likeness (QED) is 0.795. The van der Waals surface area contributed by atoms with Crippen LogP contribution in [-0.4, -0.2) is 10.5 Å². The average molecular weight is 388 g/mol. The molecule has 0 radical (unpaired) electrons. The summed E-state index contributed by atoms with van der Waals surface area (Å²) in [5.41, 5.74) is 2.50. The Balaban J connectivity index is 1.99. The van der Waals surface area contributed by atoms with E-state index in [1.54, 1.807) is 0 Å². The minimum absolute atomic E-state index is 0.286. The molecule has 1 amide bonds. The van der Waals surface area contributed by atoms with E-state index in [-0.39, 0.29) is 6.10 Å². The number of nitrogens with zero attached hydrogens (tertiary/aromatic N) is 1. The Morgan fingerprint density at radius 2 is 2.11 bits per heavy atom. The minimum atomic E-state index is -0.461. The van der Waals surface area contributed by atoms with Crippen LogP contribution in [0.3, 0.4) is 0 Å².